The Morgan fingerprint density at radius 2 is 2.08 bits per heavy atom. The first-order valence-electron chi connectivity index (χ1n) is 8.58. The van der Waals surface area contributed by atoms with Gasteiger partial charge in [0.2, 0.25) is 11.8 Å². The van der Waals surface area contributed by atoms with Gasteiger partial charge in [-0.25, -0.2) is 0 Å². The fourth-order valence-corrected chi connectivity index (χ4v) is 2.91. The second kappa shape index (κ2) is 9.04. The Hall–Kier alpha value is -1.59. The topological polar surface area (TPSA) is 61.4 Å². The van der Waals surface area contributed by atoms with Gasteiger partial charge in [-0.05, 0) is 55.8 Å². The van der Waals surface area contributed by atoms with Crippen molar-refractivity contribution in [3.05, 3.63) is 29.8 Å². The van der Waals surface area contributed by atoms with Crippen molar-refractivity contribution in [1.29, 1.82) is 0 Å². The van der Waals surface area contributed by atoms with Crippen LogP contribution in [0.15, 0.2) is 24.3 Å². The highest BCUT2D eigenvalue weighted by atomic mass is 35.5. The van der Waals surface area contributed by atoms with Gasteiger partial charge in [0.25, 0.3) is 0 Å². The molecule has 0 radical (unpaired) electrons. The maximum Gasteiger partial charge on any atom is 0.238 e. The van der Waals surface area contributed by atoms with Crippen molar-refractivity contribution in [2.45, 2.75) is 38.6 Å². The van der Waals surface area contributed by atoms with Crippen LogP contribution in [0.3, 0.4) is 0 Å². The highest BCUT2D eigenvalue weighted by Crippen LogP contribution is 2.27. The Balaban J connectivity index is 0.00000208. The fourth-order valence-electron chi connectivity index (χ4n) is 2.91. The van der Waals surface area contributed by atoms with E-state index >= 15 is 0 Å². The summed E-state index contributed by atoms with van der Waals surface area (Å²) in [6.45, 7) is 2.75. The van der Waals surface area contributed by atoms with E-state index in [0.717, 1.165) is 43.1 Å². The molecule has 1 saturated carbocycles. The van der Waals surface area contributed by atoms with E-state index in [1.165, 1.54) is 12.8 Å². The minimum Gasteiger partial charge on any atom is -0.338 e. The molecule has 3 rings (SSSR count). The molecule has 2 amide bonds. The largest absolute Gasteiger partial charge is 0.338 e. The van der Waals surface area contributed by atoms with Crippen LogP contribution < -0.4 is 10.6 Å². The van der Waals surface area contributed by atoms with E-state index in [1.807, 2.05) is 29.2 Å². The summed E-state index contributed by atoms with van der Waals surface area (Å²) in [5.41, 5.74) is 1.86. The van der Waals surface area contributed by atoms with E-state index in [0.29, 0.717) is 19.5 Å². The first kappa shape index (κ1) is 18.7. The number of amides is 2. The number of carbonyl (C=O) groups is 2. The molecule has 0 aromatic heterocycles. The number of carbonyl (C=O) groups excluding carboxylic acids is 2. The molecule has 1 aromatic carbocycles. The third-order valence-electron chi connectivity index (χ3n) is 4.42. The van der Waals surface area contributed by atoms with Crippen LogP contribution in [0.2, 0.25) is 0 Å². The quantitative estimate of drug-likeness (QED) is 0.793. The van der Waals surface area contributed by atoms with Crippen molar-refractivity contribution in [3.8, 4) is 0 Å². The van der Waals surface area contributed by atoms with Crippen LogP contribution in [-0.4, -0.2) is 36.3 Å². The lowest BCUT2D eigenvalue weighted by atomic mass is 10.1. The van der Waals surface area contributed by atoms with Gasteiger partial charge in [-0.3, -0.25) is 9.59 Å². The van der Waals surface area contributed by atoms with Gasteiger partial charge in [0.05, 0.1) is 6.54 Å². The average Bonchev–Trinajstić information content (AvgIpc) is 3.34. The average molecular weight is 352 g/mol. The molecule has 2 N–H and O–H groups in total. The number of nitrogens with zero attached hydrogens (tertiary/aromatic N) is 1. The number of hydrogen-bond acceptors (Lipinski definition) is 3. The highest BCUT2D eigenvalue weighted by Gasteiger charge is 2.20. The summed E-state index contributed by atoms with van der Waals surface area (Å²) in [6.07, 6.45) is 5.30. The molecule has 2 fully saturated rings. The van der Waals surface area contributed by atoms with E-state index in [1.54, 1.807) is 0 Å². The molecule has 0 bridgehead atoms. The molecule has 1 aliphatic heterocycles. The van der Waals surface area contributed by atoms with Crippen molar-refractivity contribution < 1.29 is 9.59 Å². The fraction of sp³-hybridized carbons (Fsp3) is 0.556. The molecule has 1 aromatic rings. The Kier molecular flexibility index (Phi) is 7.06. The Morgan fingerprint density at radius 1 is 1.25 bits per heavy atom. The van der Waals surface area contributed by atoms with Crippen LogP contribution in [0.4, 0.5) is 5.69 Å². The van der Waals surface area contributed by atoms with Crippen molar-refractivity contribution in [1.82, 2.24) is 10.2 Å². The lowest BCUT2D eigenvalue weighted by Gasteiger charge is -2.26. The molecule has 0 spiro atoms. The number of likely N-dealkylation sites (tertiary alicyclic amines) is 1. The Morgan fingerprint density at radius 3 is 2.83 bits per heavy atom. The van der Waals surface area contributed by atoms with E-state index in [-0.39, 0.29) is 24.2 Å². The predicted octanol–water partition coefficient (Wildman–Crippen LogP) is 2.56. The summed E-state index contributed by atoms with van der Waals surface area (Å²) in [6, 6.07) is 7.78. The van der Waals surface area contributed by atoms with Gasteiger partial charge in [-0.1, -0.05) is 12.1 Å². The van der Waals surface area contributed by atoms with Crippen LogP contribution in [-0.2, 0) is 16.1 Å². The zero-order valence-corrected chi connectivity index (χ0v) is 14.7. The zero-order valence-electron chi connectivity index (χ0n) is 13.9. The lowest BCUT2D eigenvalue weighted by molar-refractivity contribution is -0.133. The summed E-state index contributed by atoms with van der Waals surface area (Å²) in [7, 11) is 0. The second-order valence-corrected chi connectivity index (χ2v) is 6.60. The smallest absolute Gasteiger partial charge is 0.238 e. The molecule has 1 saturated heterocycles. The monoisotopic (exact) mass is 351 g/mol. The van der Waals surface area contributed by atoms with Gasteiger partial charge in [-0.2, -0.15) is 0 Å². The molecule has 24 heavy (non-hydrogen) atoms. The minimum absolute atomic E-state index is 0. The molecule has 0 unspecified atom stereocenters. The Bertz CT molecular complexity index is 575. The van der Waals surface area contributed by atoms with Crippen molar-refractivity contribution >= 4 is 29.9 Å². The number of rotatable bonds is 7. The SMILES string of the molecule is Cl.O=C(CNCC1CC1)Nc1cccc(CN2CCCCC2=O)c1. The van der Waals surface area contributed by atoms with Crippen LogP contribution in [0, 0.1) is 5.92 Å². The number of anilines is 1. The van der Waals surface area contributed by atoms with E-state index < -0.39 is 0 Å². The van der Waals surface area contributed by atoms with Gasteiger partial charge in [-0.15, -0.1) is 12.4 Å². The van der Waals surface area contributed by atoms with Gasteiger partial charge in [0.1, 0.15) is 0 Å². The summed E-state index contributed by atoms with van der Waals surface area (Å²) in [5.74, 6) is 0.986. The minimum atomic E-state index is -0.0168. The van der Waals surface area contributed by atoms with E-state index in [9.17, 15) is 9.59 Å². The maximum absolute atomic E-state index is 11.9. The molecule has 2 aliphatic rings. The van der Waals surface area contributed by atoms with Crippen LogP contribution in [0.1, 0.15) is 37.7 Å². The number of nitrogens with one attached hydrogen (secondary N) is 2. The van der Waals surface area contributed by atoms with Crippen LogP contribution >= 0.6 is 12.4 Å². The summed E-state index contributed by atoms with van der Waals surface area (Å²) >= 11 is 0. The number of hydrogen-bond donors (Lipinski definition) is 2. The summed E-state index contributed by atoms with van der Waals surface area (Å²) < 4.78 is 0. The van der Waals surface area contributed by atoms with E-state index in [2.05, 4.69) is 10.6 Å². The normalized spacial score (nSPS) is 17.3. The van der Waals surface area contributed by atoms with Crippen LogP contribution in [0.5, 0.6) is 0 Å². The molecule has 5 nitrogen and oxygen atoms in total. The summed E-state index contributed by atoms with van der Waals surface area (Å²) in [4.78, 5) is 25.7. The molecule has 6 heteroatoms. The number of piperidine rings is 1. The lowest BCUT2D eigenvalue weighted by Crippen LogP contribution is -2.34. The molecule has 1 heterocycles. The van der Waals surface area contributed by atoms with Gasteiger partial charge >= 0.3 is 0 Å². The molecule has 0 atom stereocenters. The number of benzene rings is 1. The Labute approximate surface area is 149 Å². The predicted molar refractivity (Wildman–Crippen MR) is 97.2 cm³/mol. The molecular weight excluding hydrogens is 326 g/mol. The maximum atomic E-state index is 11.9. The second-order valence-electron chi connectivity index (χ2n) is 6.60. The first-order chi connectivity index (χ1) is 11.2. The third kappa shape index (κ3) is 5.80. The van der Waals surface area contributed by atoms with Crippen molar-refractivity contribution in [2.24, 2.45) is 5.92 Å². The molecular formula is C18H26ClN3O2. The van der Waals surface area contributed by atoms with Crippen LogP contribution in [0.25, 0.3) is 0 Å². The number of halogens is 1. The zero-order chi connectivity index (χ0) is 16.1. The summed E-state index contributed by atoms with van der Waals surface area (Å²) in [5, 5.41) is 6.11. The molecule has 132 valence electrons. The van der Waals surface area contributed by atoms with Crippen molar-refractivity contribution in [3.63, 3.8) is 0 Å². The molecule has 1 aliphatic carbocycles. The van der Waals surface area contributed by atoms with Gasteiger partial charge in [0, 0.05) is 25.2 Å². The third-order valence-corrected chi connectivity index (χ3v) is 4.42. The van der Waals surface area contributed by atoms with Gasteiger partial charge < -0.3 is 15.5 Å². The van der Waals surface area contributed by atoms with Crippen molar-refractivity contribution in [2.75, 3.05) is 25.0 Å². The first-order valence-corrected chi connectivity index (χ1v) is 8.58. The highest BCUT2D eigenvalue weighted by molar-refractivity contribution is 5.92. The van der Waals surface area contributed by atoms with E-state index in [4.69, 9.17) is 0 Å². The van der Waals surface area contributed by atoms with Gasteiger partial charge in [0.15, 0.2) is 0 Å². The standard InChI is InChI=1S/C18H25N3O2.ClH/c22-17(12-19-11-14-7-8-14)20-16-5-3-4-15(10-16)13-21-9-2-1-6-18(21)23;/h3-5,10,14,19H,1-2,6-9,11-13H2,(H,20,22);1H.